The summed E-state index contributed by atoms with van der Waals surface area (Å²) in [6.07, 6.45) is -0.121. The van der Waals surface area contributed by atoms with Crippen LogP contribution in [0.5, 0.6) is 0 Å². The first-order valence-corrected chi connectivity index (χ1v) is 5.11. The Labute approximate surface area is 98.8 Å². The molecule has 0 heterocycles. The molecule has 4 nitrogen and oxygen atoms in total. The van der Waals surface area contributed by atoms with E-state index in [1.165, 1.54) is 6.92 Å². The molecule has 0 aromatic heterocycles. The summed E-state index contributed by atoms with van der Waals surface area (Å²) < 4.78 is 13.3. The molecule has 0 unspecified atom stereocenters. The van der Waals surface area contributed by atoms with Gasteiger partial charge in [-0.15, -0.1) is 0 Å². The molecule has 6 heteroatoms. The largest absolute Gasteiger partial charge is 0.300 e. The van der Waals surface area contributed by atoms with Gasteiger partial charge in [0.05, 0.1) is 8.49 Å². The molecular formula is C9H7FINO3. The number of hydrogen-bond acceptors (Lipinski definition) is 3. The molecule has 0 atom stereocenters. The number of benzene rings is 1. The molecule has 0 aliphatic carbocycles. The summed E-state index contributed by atoms with van der Waals surface area (Å²) in [6.45, 7) is 1.31. The van der Waals surface area contributed by atoms with Crippen molar-refractivity contribution in [3.8, 4) is 0 Å². The van der Waals surface area contributed by atoms with Crippen molar-refractivity contribution in [3.63, 3.8) is 0 Å². The van der Waals surface area contributed by atoms with Crippen LogP contribution >= 0.6 is 22.6 Å². The number of carbonyl (C=O) groups excluding carboxylic acids is 1. The van der Waals surface area contributed by atoms with Crippen LogP contribution in [0.2, 0.25) is 0 Å². The van der Waals surface area contributed by atoms with Crippen LogP contribution in [-0.2, 0) is 11.2 Å². The Balaban J connectivity index is 3.28. The first-order valence-electron chi connectivity index (χ1n) is 4.03. The number of carbonyl (C=O) groups is 1. The predicted octanol–water partition coefficient (Wildman–Crippen LogP) is 2.47. The molecule has 0 aliphatic rings. The minimum atomic E-state index is -0.611. The number of rotatable bonds is 3. The van der Waals surface area contributed by atoms with Gasteiger partial charge in [0.1, 0.15) is 11.6 Å². The normalized spacial score (nSPS) is 10.1. The number of Topliss-reactive ketones (excluding diaryl/α,β-unsaturated/α-hetero) is 1. The van der Waals surface area contributed by atoms with E-state index in [0.717, 1.165) is 12.1 Å². The van der Waals surface area contributed by atoms with Crippen molar-refractivity contribution < 1.29 is 14.1 Å². The Bertz CT molecular complexity index is 434. The fraction of sp³-hybridized carbons (Fsp3) is 0.222. The maximum Gasteiger partial charge on any atom is 0.274 e. The number of ketones is 1. The maximum atomic E-state index is 13.1. The van der Waals surface area contributed by atoms with Crippen LogP contribution in [0.3, 0.4) is 0 Å². The third-order valence-electron chi connectivity index (χ3n) is 1.76. The second-order valence-corrected chi connectivity index (χ2v) is 4.19. The van der Waals surface area contributed by atoms with Gasteiger partial charge in [0.2, 0.25) is 0 Å². The van der Waals surface area contributed by atoms with Gasteiger partial charge in [-0.2, -0.15) is 0 Å². The molecule has 0 spiro atoms. The van der Waals surface area contributed by atoms with Gasteiger partial charge in [-0.3, -0.25) is 14.9 Å². The molecule has 0 N–H and O–H groups in total. The standard InChI is InChI=1S/C9H7FINO3/c1-5(13)2-6-3-7(10)8(11)4-9(6)12(14)15/h3-4H,2H2,1H3. The molecule has 0 amide bonds. The van der Waals surface area contributed by atoms with Crippen LogP contribution in [-0.4, -0.2) is 10.7 Å². The zero-order valence-electron chi connectivity index (χ0n) is 7.79. The molecule has 0 saturated heterocycles. The Morgan fingerprint density at radius 2 is 2.20 bits per heavy atom. The minimum Gasteiger partial charge on any atom is -0.300 e. The summed E-state index contributed by atoms with van der Waals surface area (Å²) in [4.78, 5) is 20.9. The highest BCUT2D eigenvalue weighted by Gasteiger charge is 2.18. The fourth-order valence-electron chi connectivity index (χ4n) is 1.16. The zero-order valence-corrected chi connectivity index (χ0v) is 9.95. The van der Waals surface area contributed by atoms with Crippen LogP contribution < -0.4 is 0 Å². The van der Waals surface area contributed by atoms with Crippen LogP contribution in [0.15, 0.2) is 12.1 Å². The van der Waals surface area contributed by atoms with Gasteiger partial charge in [0.25, 0.3) is 5.69 Å². The summed E-state index contributed by atoms with van der Waals surface area (Å²) in [5, 5.41) is 10.6. The molecule has 1 rings (SSSR count). The van der Waals surface area contributed by atoms with Crippen molar-refractivity contribution in [2.75, 3.05) is 0 Å². The summed E-state index contributed by atoms with van der Waals surface area (Å²) in [5.74, 6) is -0.781. The highest BCUT2D eigenvalue weighted by Crippen LogP contribution is 2.24. The highest BCUT2D eigenvalue weighted by molar-refractivity contribution is 14.1. The number of nitrogens with zero attached hydrogens (tertiary/aromatic N) is 1. The predicted molar refractivity (Wildman–Crippen MR) is 60.2 cm³/mol. The zero-order chi connectivity index (χ0) is 11.6. The Morgan fingerprint density at radius 1 is 1.60 bits per heavy atom. The topological polar surface area (TPSA) is 60.2 Å². The fourth-order valence-corrected chi connectivity index (χ4v) is 1.61. The molecule has 0 bridgehead atoms. The first-order chi connectivity index (χ1) is 6.91. The van der Waals surface area contributed by atoms with E-state index in [1.807, 2.05) is 0 Å². The summed E-state index contributed by atoms with van der Waals surface area (Å²) in [7, 11) is 0. The Kier molecular flexibility index (Phi) is 3.72. The van der Waals surface area contributed by atoms with Gasteiger partial charge in [-0.05, 0) is 35.6 Å². The lowest BCUT2D eigenvalue weighted by Crippen LogP contribution is -2.03. The average molecular weight is 323 g/mol. The van der Waals surface area contributed by atoms with Crippen LogP contribution in [0.4, 0.5) is 10.1 Å². The lowest BCUT2D eigenvalue weighted by atomic mass is 10.1. The van der Waals surface area contributed by atoms with Crippen LogP contribution in [0, 0.1) is 19.5 Å². The Hall–Kier alpha value is -1.05. The molecule has 0 radical (unpaired) electrons. The molecule has 0 aliphatic heterocycles. The van der Waals surface area contributed by atoms with E-state index in [2.05, 4.69) is 0 Å². The van der Waals surface area contributed by atoms with Crippen molar-refractivity contribution in [3.05, 3.63) is 37.2 Å². The average Bonchev–Trinajstić information content (AvgIpc) is 2.09. The minimum absolute atomic E-state index is 0.116. The van der Waals surface area contributed by atoms with Crippen LogP contribution in [0.1, 0.15) is 12.5 Å². The van der Waals surface area contributed by atoms with E-state index < -0.39 is 10.7 Å². The maximum absolute atomic E-state index is 13.1. The van der Waals surface area contributed by atoms with E-state index >= 15 is 0 Å². The van der Waals surface area contributed by atoms with E-state index in [1.54, 1.807) is 22.6 Å². The van der Waals surface area contributed by atoms with Gasteiger partial charge in [0.15, 0.2) is 0 Å². The van der Waals surface area contributed by atoms with E-state index in [-0.39, 0.29) is 27.0 Å². The van der Waals surface area contributed by atoms with Crippen LogP contribution in [0.25, 0.3) is 0 Å². The number of hydrogen-bond donors (Lipinski definition) is 0. The highest BCUT2D eigenvalue weighted by atomic mass is 127. The lowest BCUT2D eigenvalue weighted by molar-refractivity contribution is -0.385. The summed E-state index contributed by atoms with van der Waals surface area (Å²) in [6, 6.07) is 2.18. The van der Waals surface area contributed by atoms with Gasteiger partial charge < -0.3 is 0 Å². The van der Waals surface area contributed by atoms with Crippen molar-refractivity contribution in [1.82, 2.24) is 0 Å². The molecule has 15 heavy (non-hydrogen) atoms. The lowest BCUT2D eigenvalue weighted by Gasteiger charge is -2.02. The molecule has 0 saturated carbocycles. The Morgan fingerprint density at radius 3 is 2.67 bits per heavy atom. The van der Waals surface area contributed by atoms with Gasteiger partial charge in [0, 0.05) is 18.1 Å². The molecule has 80 valence electrons. The summed E-state index contributed by atoms with van der Waals surface area (Å²) >= 11 is 1.67. The molecule has 1 aromatic carbocycles. The molecular weight excluding hydrogens is 316 g/mol. The van der Waals surface area contributed by atoms with Crippen molar-refractivity contribution >= 4 is 34.1 Å². The number of nitro benzene ring substituents is 1. The van der Waals surface area contributed by atoms with Gasteiger partial charge in [-0.25, -0.2) is 4.39 Å². The van der Waals surface area contributed by atoms with Gasteiger partial charge >= 0.3 is 0 Å². The van der Waals surface area contributed by atoms with E-state index in [9.17, 15) is 19.3 Å². The molecule has 0 fully saturated rings. The van der Waals surface area contributed by atoms with E-state index in [4.69, 9.17) is 0 Å². The van der Waals surface area contributed by atoms with Gasteiger partial charge in [-0.1, -0.05) is 0 Å². The third-order valence-corrected chi connectivity index (χ3v) is 2.58. The van der Waals surface area contributed by atoms with E-state index in [0.29, 0.717) is 0 Å². The smallest absolute Gasteiger partial charge is 0.274 e. The quantitative estimate of drug-likeness (QED) is 0.488. The summed E-state index contributed by atoms with van der Waals surface area (Å²) in [5.41, 5.74) is -0.0959. The SMILES string of the molecule is CC(=O)Cc1cc(F)c(I)cc1[N+](=O)[O-]. The third kappa shape index (κ3) is 2.95. The second-order valence-electron chi connectivity index (χ2n) is 3.03. The van der Waals surface area contributed by atoms with Crippen molar-refractivity contribution in [1.29, 1.82) is 0 Å². The number of nitro groups is 1. The second kappa shape index (κ2) is 4.65. The first kappa shape index (κ1) is 12.0. The number of halogens is 2. The monoisotopic (exact) mass is 323 g/mol. The van der Waals surface area contributed by atoms with Crippen molar-refractivity contribution in [2.24, 2.45) is 0 Å². The molecule has 1 aromatic rings. The van der Waals surface area contributed by atoms with Crippen molar-refractivity contribution in [2.45, 2.75) is 13.3 Å².